The molecule has 0 aliphatic carbocycles. The molecule has 1 fully saturated rings. The lowest BCUT2D eigenvalue weighted by molar-refractivity contribution is 0.457. The molecule has 3 heteroatoms. The molecule has 2 N–H and O–H groups in total. The summed E-state index contributed by atoms with van der Waals surface area (Å²) in [5.74, 6) is 0. The van der Waals surface area contributed by atoms with Gasteiger partial charge in [0.25, 0.3) is 0 Å². The molecule has 0 bridgehead atoms. The van der Waals surface area contributed by atoms with Gasteiger partial charge in [0.05, 0.1) is 0 Å². The molecule has 1 unspecified atom stereocenters. The summed E-state index contributed by atoms with van der Waals surface area (Å²) in [6.07, 6.45) is 1.17. The second kappa shape index (κ2) is 4.38. The Morgan fingerprint density at radius 2 is 2.19 bits per heavy atom. The lowest BCUT2D eigenvalue weighted by Crippen LogP contribution is -2.31. The molecular formula is C13H19BrN2. The summed E-state index contributed by atoms with van der Waals surface area (Å²) in [4.78, 5) is 0. The Hall–Kier alpha value is -0.540. The van der Waals surface area contributed by atoms with Crippen molar-refractivity contribution in [2.75, 3.05) is 11.9 Å². The zero-order chi connectivity index (χ0) is 11.8. The predicted molar refractivity (Wildman–Crippen MR) is 73.0 cm³/mol. The number of aryl methyl sites for hydroxylation is 1. The highest BCUT2D eigenvalue weighted by Gasteiger charge is 2.29. The van der Waals surface area contributed by atoms with Crippen LogP contribution in [-0.4, -0.2) is 18.1 Å². The first-order valence-corrected chi connectivity index (χ1v) is 6.53. The van der Waals surface area contributed by atoms with Crippen molar-refractivity contribution in [3.05, 3.63) is 28.2 Å². The van der Waals surface area contributed by atoms with Crippen LogP contribution < -0.4 is 10.6 Å². The predicted octanol–water partition coefficient (Wildman–Crippen LogP) is 3.31. The van der Waals surface area contributed by atoms with E-state index < -0.39 is 0 Å². The fourth-order valence-corrected chi connectivity index (χ4v) is 2.56. The van der Waals surface area contributed by atoms with E-state index in [0.29, 0.717) is 6.04 Å². The van der Waals surface area contributed by atoms with E-state index in [-0.39, 0.29) is 5.54 Å². The van der Waals surface area contributed by atoms with Crippen LogP contribution in [0.3, 0.4) is 0 Å². The first-order valence-electron chi connectivity index (χ1n) is 5.74. The molecule has 1 aromatic rings. The Morgan fingerprint density at radius 1 is 1.44 bits per heavy atom. The maximum Gasteiger partial charge on any atom is 0.0403 e. The zero-order valence-electron chi connectivity index (χ0n) is 10.1. The Bertz CT molecular complexity index is 388. The van der Waals surface area contributed by atoms with Gasteiger partial charge in [-0.05, 0) is 44.9 Å². The summed E-state index contributed by atoms with van der Waals surface area (Å²) in [6, 6.07) is 6.97. The van der Waals surface area contributed by atoms with Crippen LogP contribution in [0.15, 0.2) is 22.7 Å². The molecule has 16 heavy (non-hydrogen) atoms. The molecule has 0 amide bonds. The second-order valence-corrected chi connectivity index (χ2v) is 6.13. The number of nitrogens with one attached hydrogen (secondary N) is 2. The van der Waals surface area contributed by atoms with Gasteiger partial charge >= 0.3 is 0 Å². The smallest absolute Gasteiger partial charge is 0.0403 e. The lowest BCUT2D eigenvalue weighted by Gasteiger charge is -2.18. The molecule has 0 saturated carbocycles. The molecule has 1 aliphatic heterocycles. The molecule has 0 spiro atoms. The summed E-state index contributed by atoms with van der Waals surface area (Å²) >= 11 is 3.56. The van der Waals surface area contributed by atoms with Crippen molar-refractivity contribution >= 4 is 21.6 Å². The van der Waals surface area contributed by atoms with E-state index in [1.807, 2.05) is 0 Å². The molecule has 88 valence electrons. The highest BCUT2D eigenvalue weighted by molar-refractivity contribution is 9.10. The van der Waals surface area contributed by atoms with E-state index in [1.54, 1.807) is 0 Å². The first kappa shape index (κ1) is 11.9. The number of benzene rings is 1. The van der Waals surface area contributed by atoms with E-state index in [9.17, 15) is 0 Å². The van der Waals surface area contributed by atoms with Crippen LogP contribution >= 0.6 is 15.9 Å². The monoisotopic (exact) mass is 282 g/mol. The van der Waals surface area contributed by atoms with Gasteiger partial charge in [0, 0.05) is 28.3 Å². The van der Waals surface area contributed by atoms with Gasteiger partial charge < -0.3 is 10.6 Å². The van der Waals surface area contributed by atoms with E-state index in [0.717, 1.165) is 6.54 Å². The minimum Gasteiger partial charge on any atom is -0.381 e. The average molecular weight is 283 g/mol. The third-order valence-electron chi connectivity index (χ3n) is 3.13. The average Bonchev–Trinajstić information content (AvgIpc) is 2.52. The molecule has 1 aromatic carbocycles. The van der Waals surface area contributed by atoms with E-state index in [2.05, 4.69) is 65.5 Å². The summed E-state index contributed by atoms with van der Waals surface area (Å²) in [6.45, 7) is 7.64. The molecule has 1 atom stereocenters. The second-order valence-electron chi connectivity index (χ2n) is 5.27. The van der Waals surface area contributed by atoms with Crippen LogP contribution in [-0.2, 0) is 0 Å². The van der Waals surface area contributed by atoms with Crippen LogP contribution in [0.1, 0.15) is 25.8 Å². The van der Waals surface area contributed by atoms with Crippen molar-refractivity contribution in [2.24, 2.45) is 0 Å². The molecule has 1 aliphatic rings. The fraction of sp³-hybridized carbons (Fsp3) is 0.538. The quantitative estimate of drug-likeness (QED) is 0.870. The van der Waals surface area contributed by atoms with Crippen LogP contribution in [0.5, 0.6) is 0 Å². The minimum absolute atomic E-state index is 0.263. The van der Waals surface area contributed by atoms with Crippen molar-refractivity contribution in [1.29, 1.82) is 0 Å². The summed E-state index contributed by atoms with van der Waals surface area (Å²) < 4.78 is 1.17. The Morgan fingerprint density at radius 3 is 2.75 bits per heavy atom. The van der Waals surface area contributed by atoms with Crippen molar-refractivity contribution in [2.45, 2.75) is 38.8 Å². The molecule has 1 saturated heterocycles. The van der Waals surface area contributed by atoms with E-state index >= 15 is 0 Å². The number of hydrogen-bond acceptors (Lipinski definition) is 2. The fourth-order valence-electron chi connectivity index (χ4n) is 2.18. The number of anilines is 1. The van der Waals surface area contributed by atoms with Gasteiger partial charge in [-0.25, -0.2) is 0 Å². The summed E-state index contributed by atoms with van der Waals surface area (Å²) in [5.41, 5.74) is 2.73. The largest absolute Gasteiger partial charge is 0.381 e. The van der Waals surface area contributed by atoms with E-state index in [1.165, 1.54) is 22.1 Å². The minimum atomic E-state index is 0.263. The van der Waals surface area contributed by atoms with Crippen LogP contribution in [0.2, 0.25) is 0 Å². The van der Waals surface area contributed by atoms with E-state index in [4.69, 9.17) is 0 Å². The molecule has 2 rings (SSSR count). The topological polar surface area (TPSA) is 24.1 Å². The molecule has 1 heterocycles. The maximum absolute atomic E-state index is 3.57. The Balaban J connectivity index is 2.02. The van der Waals surface area contributed by atoms with Crippen molar-refractivity contribution in [3.63, 3.8) is 0 Å². The van der Waals surface area contributed by atoms with Gasteiger partial charge in [0.2, 0.25) is 0 Å². The van der Waals surface area contributed by atoms with Crippen LogP contribution in [0.25, 0.3) is 0 Å². The summed E-state index contributed by atoms with van der Waals surface area (Å²) in [5, 5.41) is 7.09. The normalized spacial score (nSPS) is 23.4. The lowest BCUT2D eigenvalue weighted by atomic mass is 10.0. The van der Waals surface area contributed by atoms with Gasteiger partial charge in [-0.3, -0.25) is 0 Å². The molecule has 0 aromatic heterocycles. The SMILES string of the molecule is Cc1ccc(NC2CNC(C)(C)C2)cc1Br. The molecular weight excluding hydrogens is 264 g/mol. The number of halogens is 1. The van der Waals surface area contributed by atoms with Crippen molar-refractivity contribution in [1.82, 2.24) is 5.32 Å². The highest BCUT2D eigenvalue weighted by Crippen LogP contribution is 2.24. The third kappa shape index (κ3) is 2.77. The zero-order valence-corrected chi connectivity index (χ0v) is 11.7. The van der Waals surface area contributed by atoms with Gasteiger partial charge in [-0.1, -0.05) is 22.0 Å². The van der Waals surface area contributed by atoms with Gasteiger partial charge in [-0.2, -0.15) is 0 Å². The van der Waals surface area contributed by atoms with Crippen LogP contribution in [0.4, 0.5) is 5.69 Å². The molecule has 2 nitrogen and oxygen atoms in total. The van der Waals surface area contributed by atoms with Crippen molar-refractivity contribution < 1.29 is 0 Å². The number of rotatable bonds is 2. The highest BCUT2D eigenvalue weighted by atomic mass is 79.9. The van der Waals surface area contributed by atoms with Gasteiger partial charge in [0.1, 0.15) is 0 Å². The Kier molecular flexibility index (Phi) is 3.27. The standard InChI is InChI=1S/C13H19BrN2/c1-9-4-5-10(6-12(9)14)16-11-7-13(2,3)15-8-11/h4-6,11,15-16H,7-8H2,1-3H3. The van der Waals surface area contributed by atoms with Crippen LogP contribution in [0, 0.1) is 6.92 Å². The van der Waals surface area contributed by atoms with Crippen molar-refractivity contribution in [3.8, 4) is 0 Å². The first-order chi connectivity index (χ1) is 7.46. The van der Waals surface area contributed by atoms with Gasteiger partial charge in [-0.15, -0.1) is 0 Å². The molecule has 0 radical (unpaired) electrons. The Labute approximate surface area is 106 Å². The third-order valence-corrected chi connectivity index (χ3v) is 3.98. The number of hydrogen-bond donors (Lipinski definition) is 2. The summed E-state index contributed by atoms with van der Waals surface area (Å²) in [7, 11) is 0. The van der Waals surface area contributed by atoms with Gasteiger partial charge in [0.15, 0.2) is 0 Å². The maximum atomic E-state index is 3.57.